The minimum absolute atomic E-state index is 0.0225. The van der Waals surface area contributed by atoms with E-state index in [1.807, 2.05) is 13.8 Å². The van der Waals surface area contributed by atoms with Gasteiger partial charge in [0.05, 0.1) is 67.3 Å². The molecule has 1 aliphatic carbocycles. The van der Waals surface area contributed by atoms with Gasteiger partial charge in [-0.05, 0) is 64.5 Å². The Morgan fingerprint density at radius 3 is 2.49 bits per heavy atom. The van der Waals surface area contributed by atoms with Crippen LogP contribution in [0.3, 0.4) is 0 Å². The number of nitrogens with zero attached hydrogens (tertiary/aromatic N) is 3. The van der Waals surface area contributed by atoms with Gasteiger partial charge in [-0.3, -0.25) is 4.79 Å². The molecule has 0 radical (unpaired) electrons. The SMILES string of the molecule is CC(C)OC1CCC(C(=O)N2Cc3cc(F)cnc3Nc3cc(F)c(N4C5CCC4COC5)cc32)CC1. The average molecular weight is 513 g/mol. The van der Waals surface area contributed by atoms with Crippen molar-refractivity contribution in [2.45, 2.75) is 83.2 Å². The van der Waals surface area contributed by atoms with Gasteiger partial charge < -0.3 is 24.6 Å². The maximum absolute atomic E-state index is 15.6. The lowest BCUT2D eigenvalue weighted by molar-refractivity contribution is -0.124. The van der Waals surface area contributed by atoms with Gasteiger partial charge in [0.25, 0.3) is 0 Å². The smallest absolute Gasteiger partial charge is 0.230 e. The number of ether oxygens (including phenoxy) is 2. The average Bonchev–Trinajstić information content (AvgIpc) is 3.02. The van der Waals surface area contributed by atoms with Crippen molar-refractivity contribution in [3.63, 3.8) is 0 Å². The van der Waals surface area contributed by atoms with E-state index in [4.69, 9.17) is 9.47 Å². The lowest BCUT2D eigenvalue weighted by Crippen LogP contribution is -2.46. The second-order valence-corrected chi connectivity index (χ2v) is 11.0. The summed E-state index contributed by atoms with van der Waals surface area (Å²) in [5.41, 5.74) is 2.12. The number of aromatic nitrogens is 1. The van der Waals surface area contributed by atoms with Crippen LogP contribution in [0.2, 0.25) is 0 Å². The molecule has 9 heteroatoms. The van der Waals surface area contributed by atoms with Crippen LogP contribution in [-0.2, 0) is 20.8 Å². The van der Waals surface area contributed by atoms with E-state index in [1.54, 1.807) is 11.0 Å². The molecule has 1 aromatic carbocycles. The van der Waals surface area contributed by atoms with E-state index in [1.165, 1.54) is 12.1 Å². The summed E-state index contributed by atoms with van der Waals surface area (Å²) in [4.78, 5) is 22.1. The lowest BCUT2D eigenvalue weighted by Gasteiger charge is -2.38. The van der Waals surface area contributed by atoms with Crippen molar-refractivity contribution in [3.05, 3.63) is 41.6 Å². The molecule has 1 amide bonds. The van der Waals surface area contributed by atoms with Crippen molar-refractivity contribution in [3.8, 4) is 0 Å². The van der Waals surface area contributed by atoms with E-state index < -0.39 is 5.82 Å². The van der Waals surface area contributed by atoms with Gasteiger partial charge in [-0.25, -0.2) is 13.8 Å². The molecule has 6 rings (SSSR count). The first-order valence-electron chi connectivity index (χ1n) is 13.4. The van der Waals surface area contributed by atoms with Crippen molar-refractivity contribution in [2.75, 3.05) is 28.3 Å². The van der Waals surface area contributed by atoms with E-state index in [2.05, 4.69) is 15.2 Å². The number of amides is 1. The van der Waals surface area contributed by atoms with Gasteiger partial charge in [0.2, 0.25) is 5.91 Å². The number of fused-ring (bicyclic) bond motifs is 4. The fourth-order valence-corrected chi connectivity index (χ4v) is 6.44. The summed E-state index contributed by atoms with van der Waals surface area (Å²) >= 11 is 0. The van der Waals surface area contributed by atoms with Gasteiger partial charge in [0, 0.05) is 17.5 Å². The van der Waals surface area contributed by atoms with Gasteiger partial charge in [-0.1, -0.05) is 0 Å². The summed E-state index contributed by atoms with van der Waals surface area (Å²) in [6, 6.07) is 4.89. The largest absolute Gasteiger partial charge is 0.377 e. The summed E-state index contributed by atoms with van der Waals surface area (Å²) in [6.45, 7) is 5.37. The Bertz CT molecular complexity index is 1170. The minimum Gasteiger partial charge on any atom is -0.377 e. The van der Waals surface area contributed by atoms with Crippen LogP contribution in [0.4, 0.5) is 31.7 Å². The molecule has 0 spiro atoms. The van der Waals surface area contributed by atoms with Gasteiger partial charge in [-0.15, -0.1) is 0 Å². The predicted octanol–water partition coefficient (Wildman–Crippen LogP) is 5.30. The molecule has 198 valence electrons. The summed E-state index contributed by atoms with van der Waals surface area (Å²) in [7, 11) is 0. The second kappa shape index (κ2) is 9.83. The molecule has 4 aliphatic rings. The normalized spacial score (nSPS) is 26.9. The third kappa shape index (κ3) is 4.68. The molecular formula is C28H34F2N4O3. The number of morpholine rings is 1. The first kappa shape index (κ1) is 24.6. The van der Waals surface area contributed by atoms with E-state index in [0.29, 0.717) is 41.7 Å². The maximum Gasteiger partial charge on any atom is 0.230 e. The van der Waals surface area contributed by atoms with Crippen LogP contribution in [0.15, 0.2) is 24.4 Å². The lowest BCUT2D eigenvalue weighted by atomic mass is 9.86. The highest BCUT2D eigenvalue weighted by atomic mass is 19.1. The number of benzene rings is 1. The number of nitrogens with one attached hydrogen (secondary N) is 1. The highest BCUT2D eigenvalue weighted by molar-refractivity contribution is 6.00. The molecule has 1 aromatic heterocycles. The van der Waals surface area contributed by atoms with E-state index in [-0.39, 0.29) is 48.5 Å². The molecule has 2 bridgehead atoms. The molecule has 2 aromatic rings. The molecule has 3 aliphatic heterocycles. The first-order valence-corrected chi connectivity index (χ1v) is 13.4. The van der Waals surface area contributed by atoms with Crippen molar-refractivity contribution >= 4 is 28.8 Å². The zero-order chi connectivity index (χ0) is 25.7. The molecular weight excluding hydrogens is 478 g/mol. The van der Waals surface area contributed by atoms with Crippen LogP contribution >= 0.6 is 0 Å². The van der Waals surface area contributed by atoms with Crippen molar-refractivity contribution in [1.29, 1.82) is 0 Å². The summed E-state index contributed by atoms with van der Waals surface area (Å²) in [6.07, 6.45) is 6.48. The van der Waals surface area contributed by atoms with E-state index >= 15 is 4.39 Å². The molecule has 37 heavy (non-hydrogen) atoms. The Morgan fingerprint density at radius 1 is 1.05 bits per heavy atom. The van der Waals surface area contributed by atoms with Crippen LogP contribution in [0.1, 0.15) is 57.9 Å². The van der Waals surface area contributed by atoms with Gasteiger partial charge in [0.15, 0.2) is 0 Å². The standard InChI is InChI=1S/C28H34F2N4O3/c1-16(2)37-22-7-3-17(4-8-22)28(35)33-13-18-9-19(29)12-31-27(18)32-24-10-23(30)25(11-26(24)33)34-20-5-6-21(34)15-36-14-20/h9-12,16-17,20-22H,3-8,13-15H2,1-2H3,(H,31,32). The third-order valence-corrected chi connectivity index (χ3v) is 8.14. The van der Waals surface area contributed by atoms with E-state index in [0.717, 1.165) is 44.7 Å². The Balaban J connectivity index is 1.36. The topological polar surface area (TPSA) is 66.9 Å². The quantitative estimate of drug-likeness (QED) is 0.600. The first-order chi connectivity index (χ1) is 17.9. The molecule has 7 nitrogen and oxygen atoms in total. The Morgan fingerprint density at radius 2 is 1.78 bits per heavy atom. The molecule has 2 atom stereocenters. The summed E-state index contributed by atoms with van der Waals surface area (Å²) in [5.74, 6) is -0.580. The molecule has 1 saturated carbocycles. The Kier molecular flexibility index (Phi) is 6.52. The summed E-state index contributed by atoms with van der Waals surface area (Å²) < 4.78 is 41.5. The Labute approximate surface area is 216 Å². The molecule has 4 heterocycles. The molecule has 2 unspecified atom stereocenters. The van der Waals surface area contributed by atoms with Crippen molar-refractivity contribution in [1.82, 2.24) is 4.98 Å². The number of anilines is 4. The zero-order valence-electron chi connectivity index (χ0n) is 21.4. The molecule has 1 N–H and O–H groups in total. The van der Waals surface area contributed by atoms with Crippen molar-refractivity contribution < 1.29 is 23.0 Å². The number of pyridine rings is 1. The molecule has 2 saturated heterocycles. The minimum atomic E-state index is -0.470. The highest BCUT2D eigenvalue weighted by Crippen LogP contribution is 2.44. The second-order valence-electron chi connectivity index (χ2n) is 11.0. The number of carbonyl (C=O) groups excluding carboxylic acids is 1. The van der Waals surface area contributed by atoms with Crippen LogP contribution in [0.25, 0.3) is 0 Å². The number of halogens is 2. The van der Waals surface area contributed by atoms with Crippen LogP contribution < -0.4 is 15.1 Å². The van der Waals surface area contributed by atoms with Gasteiger partial charge >= 0.3 is 0 Å². The fourth-order valence-electron chi connectivity index (χ4n) is 6.44. The zero-order valence-corrected chi connectivity index (χ0v) is 21.4. The van der Waals surface area contributed by atoms with Crippen LogP contribution in [0.5, 0.6) is 0 Å². The van der Waals surface area contributed by atoms with Crippen LogP contribution in [0, 0.1) is 17.6 Å². The van der Waals surface area contributed by atoms with Gasteiger partial charge in [0.1, 0.15) is 17.5 Å². The predicted molar refractivity (Wildman–Crippen MR) is 137 cm³/mol. The number of carbonyl (C=O) groups is 1. The van der Waals surface area contributed by atoms with Gasteiger partial charge in [-0.2, -0.15) is 0 Å². The number of hydrogen-bond donors (Lipinski definition) is 1. The summed E-state index contributed by atoms with van der Waals surface area (Å²) in [5, 5.41) is 3.18. The third-order valence-electron chi connectivity index (χ3n) is 8.14. The maximum atomic E-state index is 15.6. The highest BCUT2D eigenvalue weighted by Gasteiger charge is 2.40. The Hall–Kier alpha value is -2.78. The van der Waals surface area contributed by atoms with Crippen molar-refractivity contribution in [2.24, 2.45) is 5.92 Å². The number of hydrogen-bond acceptors (Lipinski definition) is 6. The monoisotopic (exact) mass is 512 g/mol. The number of rotatable bonds is 4. The molecule has 3 fully saturated rings. The van der Waals surface area contributed by atoms with Crippen LogP contribution in [-0.4, -0.2) is 48.4 Å². The van der Waals surface area contributed by atoms with E-state index in [9.17, 15) is 9.18 Å². The fraction of sp³-hybridized carbons (Fsp3) is 0.571.